The highest BCUT2D eigenvalue weighted by Crippen LogP contribution is 2.24. The molecule has 0 fully saturated rings. The molecule has 0 spiro atoms. The Morgan fingerprint density at radius 2 is 2.12 bits per heavy atom. The van der Waals surface area contributed by atoms with Crippen LogP contribution in [-0.2, 0) is 11.2 Å². The molecule has 0 aliphatic heterocycles. The molecule has 0 aliphatic rings. The van der Waals surface area contributed by atoms with Crippen molar-refractivity contribution in [1.82, 2.24) is 19.5 Å². The third-order valence-electron chi connectivity index (χ3n) is 4.41. The fraction of sp³-hybridized carbons (Fsp3) is 0.150. The first-order chi connectivity index (χ1) is 12.6. The zero-order valence-electron chi connectivity index (χ0n) is 14.7. The second-order valence-electron chi connectivity index (χ2n) is 6.38. The summed E-state index contributed by atoms with van der Waals surface area (Å²) in [6.07, 6.45) is 7.17. The van der Waals surface area contributed by atoms with E-state index in [0.717, 1.165) is 28.0 Å². The van der Waals surface area contributed by atoms with Gasteiger partial charge in [0.2, 0.25) is 5.91 Å². The van der Waals surface area contributed by atoms with Gasteiger partial charge in [0.25, 0.3) is 0 Å². The van der Waals surface area contributed by atoms with Crippen LogP contribution in [0.2, 0.25) is 0 Å². The van der Waals surface area contributed by atoms with E-state index < -0.39 is 0 Å². The Labute approximate surface area is 150 Å². The number of nitrogens with zero attached hydrogens (tertiary/aromatic N) is 3. The molecule has 0 aliphatic carbocycles. The predicted octanol–water partition coefficient (Wildman–Crippen LogP) is 3.55. The van der Waals surface area contributed by atoms with Crippen molar-refractivity contribution < 1.29 is 4.79 Å². The van der Waals surface area contributed by atoms with Gasteiger partial charge in [0.05, 0.1) is 18.3 Å². The number of H-pyrrole nitrogens is 1. The molecule has 0 atom stereocenters. The van der Waals surface area contributed by atoms with E-state index in [1.54, 1.807) is 18.7 Å². The number of carbonyl (C=O) groups is 1. The third-order valence-corrected chi connectivity index (χ3v) is 4.41. The minimum atomic E-state index is -0.0623. The molecule has 3 aromatic heterocycles. The van der Waals surface area contributed by atoms with Crippen molar-refractivity contribution in [3.63, 3.8) is 0 Å². The van der Waals surface area contributed by atoms with Crippen molar-refractivity contribution in [3.8, 4) is 5.82 Å². The molecule has 4 rings (SSSR count). The van der Waals surface area contributed by atoms with E-state index in [1.807, 2.05) is 29.8 Å². The lowest BCUT2D eigenvalue weighted by molar-refractivity contribution is -0.115. The molecular formula is C20H19N5O. The summed E-state index contributed by atoms with van der Waals surface area (Å²) in [6, 6.07) is 9.92. The number of hydrogen-bond acceptors (Lipinski definition) is 3. The Hall–Kier alpha value is -3.41. The van der Waals surface area contributed by atoms with Gasteiger partial charge in [0.15, 0.2) is 0 Å². The van der Waals surface area contributed by atoms with Crippen LogP contribution in [0.3, 0.4) is 0 Å². The van der Waals surface area contributed by atoms with Crippen molar-refractivity contribution in [3.05, 3.63) is 72.1 Å². The van der Waals surface area contributed by atoms with Crippen molar-refractivity contribution >= 4 is 22.5 Å². The molecule has 2 N–H and O–H groups in total. The highest BCUT2D eigenvalue weighted by Gasteiger charge is 2.13. The van der Waals surface area contributed by atoms with E-state index in [9.17, 15) is 4.79 Å². The summed E-state index contributed by atoms with van der Waals surface area (Å²) in [6.45, 7) is 4.05. The van der Waals surface area contributed by atoms with Gasteiger partial charge in [-0.1, -0.05) is 11.6 Å². The van der Waals surface area contributed by atoms with Gasteiger partial charge in [-0.25, -0.2) is 9.97 Å². The first kappa shape index (κ1) is 16.1. The third kappa shape index (κ3) is 3.09. The Balaban J connectivity index is 1.51. The Bertz CT molecular complexity index is 1060. The SMILES string of the molecule is Cc1ccc2[nH]c(C)c(CC(=O)Nc3ccc(-n4ccnc4)nc3)c2c1. The lowest BCUT2D eigenvalue weighted by Gasteiger charge is -2.07. The first-order valence-corrected chi connectivity index (χ1v) is 8.42. The van der Waals surface area contributed by atoms with Crippen LogP contribution in [0.4, 0.5) is 5.69 Å². The average molecular weight is 345 g/mol. The Morgan fingerprint density at radius 3 is 2.85 bits per heavy atom. The smallest absolute Gasteiger partial charge is 0.228 e. The molecule has 0 saturated carbocycles. The fourth-order valence-electron chi connectivity index (χ4n) is 3.10. The number of carbonyl (C=O) groups excluding carboxylic acids is 1. The predicted molar refractivity (Wildman–Crippen MR) is 101 cm³/mol. The lowest BCUT2D eigenvalue weighted by atomic mass is 10.1. The molecule has 1 aromatic carbocycles. The summed E-state index contributed by atoms with van der Waals surface area (Å²) in [5.74, 6) is 0.691. The number of nitrogens with one attached hydrogen (secondary N) is 2. The molecule has 26 heavy (non-hydrogen) atoms. The van der Waals surface area contributed by atoms with E-state index in [4.69, 9.17) is 0 Å². The number of imidazole rings is 1. The van der Waals surface area contributed by atoms with Crippen molar-refractivity contribution in [2.45, 2.75) is 20.3 Å². The summed E-state index contributed by atoms with van der Waals surface area (Å²) in [5.41, 5.74) is 4.96. The van der Waals surface area contributed by atoms with Crippen LogP contribution in [0.1, 0.15) is 16.8 Å². The summed E-state index contributed by atoms with van der Waals surface area (Å²) < 4.78 is 1.81. The molecule has 130 valence electrons. The number of benzene rings is 1. The van der Waals surface area contributed by atoms with E-state index in [0.29, 0.717) is 12.1 Å². The summed E-state index contributed by atoms with van der Waals surface area (Å²) in [4.78, 5) is 24.2. The molecule has 0 unspecified atom stereocenters. The molecule has 0 bridgehead atoms. The Morgan fingerprint density at radius 1 is 1.23 bits per heavy atom. The normalized spacial score (nSPS) is 11.0. The van der Waals surface area contributed by atoms with Crippen LogP contribution in [0.5, 0.6) is 0 Å². The summed E-state index contributed by atoms with van der Waals surface area (Å²) in [7, 11) is 0. The largest absolute Gasteiger partial charge is 0.358 e. The van der Waals surface area contributed by atoms with Gasteiger partial charge in [-0.15, -0.1) is 0 Å². The molecular weight excluding hydrogens is 326 g/mol. The maximum Gasteiger partial charge on any atom is 0.228 e. The van der Waals surface area contributed by atoms with Crippen molar-refractivity contribution in [1.29, 1.82) is 0 Å². The van der Waals surface area contributed by atoms with Gasteiger partial charge in [0.1, 0.15) is 12.1 Å². The van der Waals surface area contributed by atoms with Gasteiger partial charge in [0, 0.05) is 29.0 Å². The molecule has 6 nitrogen and oxygen atoms in total. The zero-order valence-corrected chi connectivity index (χ0v) is 14.7. The minimum absolute atomic E-state index is 0.0623. The molecule has 3 heterocycles. The number of anilines is 1. The molecule has 4 aromatic rings. The van der Waals surface area contributed by atoms with Gasteiger partial charge < -0.3 is 10.3 Å². The van der Waals surface area contributed by atoms with Crippen LogP contribution < -0.4 is 5.32 Å². The van der Waals surface area contributed by atoms with Gasteiger partial charge in [-0.3, -0.25) is 9.36 Å². The number of rotatable bonds is 4. The van der Waals surface area contributed by atoms with Crippen LogP contribution in [0.25, 0.3) is 16.7 Å². The highest BCUT2D eigenvalue weighted by molar-refractivity contribution is 5.96. The average Bonchev–Trinajstić information content (AvgIpc) is 3.25. The monoisotopic (exact) mass is 345 g/mol. The van der Waals surface area contributed by atoms with E-state index >= 15 is 0 Å². The van der Waals surface area contributed by atoms with Gasteiger partial charge >= 0.3 is 0 Å². The van der Waals surface area contributed by atoms with Crippen LogP contribution >= 0.6 is 0 Å². The quantitative estimate of drug-likeness (QED) is 0.594. The fourth-order valence-corrected chi connectivity index (χ4v) is 3.10. The van der Waals surface area contributed by atoms with Crippen LogP contribution in [0.15, 0.2) is 55.2 Å². The molecule has 0 saturated heterocycles. The Kier molecular flexibility index (Phi) is 4.01. The number of fused-ring (bicyclic) bond motifs is 1. The lowest BCUT2D eigenvalue weighted by Crippen LogP contribution is -2.15. The number of aryl methyl sites for hydroxylation is 2. The zero-order chi connectivity index (χ0) is 18.1. The molecule has 6 heteroatoms. The van der Waals surface area contributed by atoms with E-state index in [2.05, 4.69) is 45.4 Å². The second-order valence-corrected chi connectivity index (χ2v) is 6.38. The second kappa shape index (κ2) is 6.48. The maximum atomic E-state index is 12.5. The number of hydrogen-bond donors (Lipinski definition) is 2. The van der Waals surface area contributed by atoms with Gasteiger partial charge in [-0.05, 0) is 43.7 Å². The van der Waals surface area contributed by atoms with Crippen LogP contribution in [0, 0.1) is 13.8 Å². The van der Waals surface area contributed by atoms with E-state index in [1.165, 1.54) is 5.56 Å². The van der Waals surface area contributed by atoms with E-state index in [-0.39, 0.29) is 5.91 Å². The molecule has 0 radical (unpaired) electrons. The maximum absolute atomic E-state index is 12.5. The highest BCUT2D eigenvalue weighted by atomic mass is 16.1. The topological polar surface area (TPSA) is 75.6 Å². The summed E-state index contributed by atoms with van der Waals surface area (Å²) in [5, 5.41) is 4.02. The van der Waals surface area contributed by atoms with Crippen molar-refractivity contribution in [2.75, 3.05) is 5.32 Å². The number of amides is 1. The van der Waals surface area contributed by atoms with Gasteiger partial charge in [-0.2, -0.15) is 0 Å². The standard InChI is InChI=1S/C20H19N5O/c1-13-3-5-18-17(9-13)16(14(2)23-18)10-20(26)24-15-4-6-19(22-11-15)25-8-7-21-12-25/h3-9,11-12,23H,10H2,1-2H3,(H,24,26). The van der Waals surface area contributed by atoms with Crippen molar-refractivity contribution in [2.24, 2.45) is 0 Å². The summed E-state index contributed by atoms with van der Waals surface area (Å²) >= 11 is 0. The number of aromatic nitrogens is 4. The van der Waals surface area contributed by atoms with Crippen LogP contribution in [-0.4, -0.2) is 25.4 Å². The number of pyridine rings is 1. The number of aromatic amines is 1. The molecule has 1 amide bonds. The minimum Gasteiger partial charge on any atom is -0.358 e. The first-order valence-electron chi connectivity index (χ1n) is 8.42.